The van der Waals surface area contributed by atoms with Crippen LogP contribution in [0.3, 0.4) is 0 Å². The van der Waals surface area contributed by atoms with Gasteiger partial charge in [-0.15, -0.1) is 0 Å². The zero-order valence-corrected chi connectivity index (χ0v) is 9.34. The zero-order valence-electron chi connectivity index (χ0n) is 8.53. The Labute approximate surface area is 93.4 Å². The van der Waals surface area contributed by atoms with Gasteiger partial charge >= 0.3 is 0 Å². The van der Waals surface area contributed by atoms with E-state index in [-0.39, 0.29) is 10.9 Å². The molecule has 0 saturated heterocycles. The van der Waals surface area contributed by atoms with Gasteiger partial charge in [-0.3, -0.25) is 9.59 Å². The number of allylic oxidation sites excluding steroid dienone is 1. The highest BCUT2D eigenvalue weighted by Gasteiger charge is 2.04. The van der Waals surface area contributed by atoms with Crippen LogP contribution >= 0.6 is 11.8 Å². The Morgan fingerprint density at radius 1 is 1.33 bits per heavy atom. The second kappa shape index (κ2) is 5.51. The van der Waals surface area contributed by atoms with Crippen molar-refractivity contribution in [2.45, 2.75) is 18.2 Å². The average Bonchev–Trinajstić information content (AvgIpc) is 2.29. The molecule has 15 heavy (non-hydrogen) atoms. The molecule has 0 amide bonds. The fraction of sp³-hybridized carbons (Fsp3) is 0.167. The van der Waals surface area contributed by atoms with E-state index >= 15 is 0 Å². The van der Waals surface area contributed by atoms with E-state index in [1.807, 2.05) is 6.92 Å². The molecule has 78 valence electrons. The van der Waals surface area contributed by atoms with Gasteiger partial charge in [0.25, 0.3) is 0 Å². The Balaban J connectivity index is 2.76. The standard InChI is InChI=1S/C12H12O2S/c1-3-11(13)9-5-7-10(8-6-9)15-12(14)4-2/h3,5-8H,1,4H2,2H3. The van der Waals surface area contributed by atoms with Crippen LogP contribution in [0.25, 0.3) is 0 Å². The quantitative estimate of drug-likeness (QED) is 0.444. The predicted molar refractivity (Wildman–Crippen MR) is 62.1 cm³/mol. The lowest BCUT2D eigenvalue weighted by Gasteiger charge is -1.99. The third-order valence-electron chi connectivity index (χ3n) is 1.84. The van der Waals surface area contributed by atoms with Crippen LogP contribution in [0.4, 0.5) is 0 Å². The van der Waals surface area contributed by atoms with Gasteiger partial charge in [0.2, 0.25) is 0 Å². The lowest BCUT2D eigenvalue weighted by atomic mass is 10.1. The minimum Gasteiger partial charge on any atom is -0.289 e. The van der Waals surface area contributed by atoms with Crippen LogP contribution < -0.4 is 0 Å². The van der Waals surface area contributed by atoms with Crippen LogP contribution in [-0.2, 0) is 4.79 Å². The molecule has 0 spiro atoms. The van der Waals surface area contributed by atoms with Gasteiger partial charge in [-0.05, 0) is 30.3 Å². The first-order chi connectivity index (χ1) is 7.17. The Hall–Kier alpha value is -1.35. The maximum atomic E-state index is 11.2. The van der Waals surface area contributed by atoms with Gasteiger partial charge in [0, 0.05) is 16.9 Å². The van der Waals surface area contributed by atoms with Gasteiger partial charge in [0.05, 0.1) is 0 Å². The van der Waals surface area contributed by atoms with Crippen molar-refractivity contribution in [3.63, 3.8) is 0 Å². The molecule has 0 aliphatic carbocycles. The smallest absolute Gasteiger partial charge is 0.193 e. The summed E-state index contributed by atoms with van der Waals surface area (Å²) in [7, 11) is 0. The summed E-state index contributed by atoms with van der Waals surface area (Å²) >= 11 is 1.20. The van der Waals surface area contributed by atoms with E-state index in [2.05, 4.69) is 6.58 Å². The van der Waals surface area contributed by atoms with Gasteiger partial charge in [-0.1, -0.05) is 25.3 Å². The van der Waals surface area contributed by atoms with Crippen molar-refractivity contribution in [1.29, 1.82) is 0 Å². The lowest BCUT2D eigenvalue weighted by Crippen LogP contribution is -1.93. The van der Waals surface area contributed by atoms with E-state index in [0.29, 0.717) is 12.0 Å². The highest BCUT2D eigenvalue weighted by molar-refractivity contribution is 8.13. The van der Waals surface area contributed by atoms with Crippen molar-refractivity contribution in [1.82, 2.24) is 0 Å². The lowest BCUT2D eigenvalue weighted by molar-refractivity contribution is -0.110. The predicted octanol–water partition coefficient (Wildman–Crippen LogP) is 3.08. The fourth-order valence-corrected chi connectivity index (χ4v) is 1.69. The summed E-state index contributed by atoms with van der Waals surface area (Å²) in [5.74, 6) is -0.103. The molecule has 0 heterocycles. The number of rotatable bonds is 4. The number of carbonyl (C=O) groups is 2. The topological polar surface area (TPSA) is 34.1 Å². The molecule has 0 bridgehead atoms. The third-order valence-corrected chi connectivity index (χ3v) is 2.87. The number of hydrogen-bond acceptors (Lipinski definition) is 3. The second-order valence-corrected chi connectivity index (χ2v) is 4.05. The van der Waals surface area contributed by atoms with Crippen LogP contribution in [0, 0.1) is 0 Å². The molecule has 0 atom stereocenters. The summed E-state index contributed by atoms with van der Waals surface area (Å²) in [6, 6.07) is 6.95. The minimum atomic E-state index is -0.103. The van der Waals surface area contributed by atoms with Crippen LogP contribution in [0.15, 0.2) is 41.8 Å². The highest BCUT2D eigenvalue weighted by Crippen LogP contribution is 2.20. The molecule has 3 heteroatoms. The Morgan fingerprint density at radius 3 is 2.40 bits per heavy atom. The van der Waals surface area contributed by atoms with E-state index < -0.39 is 0 Å². The molecule has 2 nitrogen and oxygen atoms in total. The first-order valence-corrected chi connectivity index (χ1v) is 5.46. The van der Waals surface area contributed by atoms with E-state index in [9.17, 15) is 9.59 Å². The largest absolute Gasteiger partial charge is 0.289 e. The maximum Gasteiger partial charge on any atom is 0.193 e. The van der Waals surface area contributed by atoms with Crippen molar-refractivity contribution in [2.75, 3.05) is 0 Å². The van der Waals surface area contributed by atoms with E-state index in [0.717, 1.165) is 4.90 Å². The van der Waals surface area contributed by atoms with Crippen LogP contribution in [0.2, 0.25) is 0 Å². The van der Waals surface area contributed by atoms with Crippen molar-refractivity contribution < 1.29 is 9.59 Å². The monoisotopic (exact) mass is 220 g/mol. The molecule has 0 saturated carbocycles. The third kappa shape index (κ3) is 3.36. The van der Waals surface area contributed by atoms with Crippen LogP contribution in [-0.4, -0.2) is 10.9 Å². The first-order valence-electron chi connectivity index (χ1n) is 4.65. The number of carbonyl (C=O) groups excluding carboxylic acids is 2. The average molecular weight is 220 g/mol. The Bertz CT molecular complexity index is 379. The van der Waals surface area contributed by atoms with E-state index in [1.54, 1.807) is 24.3 Å². The Kier molecular flexibility index (Phi) is 4.31. The number of thioether (sulfide) groups is 1. The molecule has 0 unspecified atom stereocenters. The number of hydrogen-bond donors (Lipinski definition) is 0. The van der Waals surface area contributed by atoms with Crippen molar-refractivity contribution in [2.24, 2.45) is 0 Å². The summed E-state index contributed by atoms with van der Waals surface area (Å²) in [4.78, 5) is 23.2. The fourth-order valence-electron chi connectivity index (χ4n) is 1.01. The highest BCUT2D eigenvalue weighted by atomic mass is 32.2. The van der Waals surface area contributed by atoms with Gasteiger partial charge in [-0.2, -0.15) is 0 Å². The van der Waals surface area contributed by atoms with Crippen molar-refractivity contribution in [3.8, 4) is 0 Å². The summed E-state index contributed by atoms with van der Waals surface area (Å²) in [5, 5.41) is 0.123. The van der Waals surface area contributed by atoms with E-state index in [4.69, 9.17) is 0 Å². The van der Waals surface area contributed by atoms with E-state index in [1.165, 1.54) is 17.8 Å². The van der Waals surface area contributed by atoms with Crippen molar-refractivity contribution >= 4 is 22.7 Å². The van der Waals surface area contributed by atoms with Crippen LogP contribution in [0.5, 0.6) is 0 Å². The molecular formula is C12H12O2S. The van der Waals surface area contributed by atoms with Crippen LogP contribution in [0.1, 0.15) is 23.7 Å². The molecule has 0 aliphatic rings. The number of ketones is 1. The molecule has 0 N–H and O–H groups in total. The van der Waals surface area contributed by atoms with Gasteiger partial charge in [0.15, 0.2) is 10.9 Å². The molecule has 0 fully saturated rings. The molecule has 1 aromatic carbocycles. The molecule has 0 radical (unpaired) electrons. The number of benzene rings is 1. The van der Waals surface area contributed by atoms with Gasteiger partial charge in [-0.25, -0.2) is 0 Å². The Morgan fingerprint density at radius 2 is 1.93 bits per heavy atom. The summed E-state index contributed by atoms with van der Waals surface area (Å²) in [6.07, 6.45) is 1.79. The van der Waals surface area contributed by atoms with Gasteiger partial charge < -0.3 is 0 Å². The summed E-state index contributed by atoms with van der Waals surface area (Å²) in [5.41, 5.74) is 0.596. The SMILES string of the molecule is C=CC(=O)c1ccc(SC(=O)CC)cc1. The van der Waals surface area contributed by atoms with Crippen molar-refractivity contribution in [3.05, 3.63) is 42.5 Å². The summed E-state index contributed by atoms with van der Waals surface area (Å²) in [6.45, 7) is 5.24. The summed E-state index contributed by atoms with van der Waals surface area (Å²) < 4.78 is 0. The molecule has 0 aromatic heterocycles. The van der Waals surface area contributed by atoms with Gasteiger partial charge in [0.1, 0.15) is 0 Å². The molecular weight excluding hydrogens is 208 g/mol. The first kappa shape index (κ1) is 11.7. The molecule has 1 rings (SSSR count). The molecule has 1 aromatic rings. The molecule has 0 aliphatic heterocycles. The second-order valence-electron chi connectivity index (χ2n) is 2.92. The maximum absolute atomic E-state index is 11.2. The minimum absolute atomic E-state index is 0.103. The normalized spacial score (nSPS) is 9.67. The zero-order chi connectivity index (χ0) is 11.3.